The van der Waals surface area contributed by atoms with Crippen molar-refractivity contribution in [3.63, 3.8) is 0 Å². The summed E-state index contributed by atoms with van der Waals surface area (Å²) in [5.74, 6) is -0.510. The third-order valence-corrected chi connectivity index (χ3v) is 6.63. The van der Waals surface area contributed by atoms with Gasteiger partial charge in [0.25, 0.3) is 11.8 Å². The molecule has 7 heteroatoms. The molecular formula is C25H20Cl2N2O2S. The van der Waals surface area contributed by atoms with Crippen molar-refractivity contribution in [3.8, 4) is 0 Å². The number of rotatable bonds is 6. The van der Waals surface area contributed by atoms with Crippen molar-refractivity contribution in [2.75, 3.05) is 10.2 Å². The Bertz CT molecular complexity index is 1210. The monoisotopic (exact) mass is 482 g/mol. The zero-order chi connectivity index (χ0) is 22.8. The highest BCUT2D eigenvalue weighted by Crippen LogP contribution is 2.40. The molecule has 0 bridgehead atoms. The third kappa shape index (κ3) is 4.56. The van der Waals surface area contributed by atoms with Crippen LogP contribution in [0.1, 0.15) is 25.3 Å². The van der Waals surface area contributed by atoms with Crippen LogP contribution in [0.25, 0.3) is 0 Å². The molecule has 3 aromatic carbocycles. The summed E-state index contributed by atoms with van der Waals surface area (Å²) in [5, 5.41) is 3.82. The minimum Gasteiger partial charge on any atom is -0.350 e. The maximum Gasteiger partial charge on any atom is 0.283 e. The maximum atomic E-state index is 13.4. The lowest BCUT2D eigenvalue weighted by molar-refractivity contribution is -0.120. The van der Waals surface area contributed by atoms with E-state index < -0.39 is 11.8 Å². The van der Waals surface area contributed by atoms with Gasteiger partial charge in [-0.3, -0.25) is 9.59 Å². The van der Waals surface area contributed by atoms with Crippen molar-refractivity contribution in [2.45, 2.75) is 24.7 Å². The molecule has 0 saturated carbocycles. The second-order valence-electron chi connectivity index (χ2n) is 7.56. The van der Waals surface area contributed by atoms with Crippen LogP contribution >= 0.6 is 35.0 Å². The summed E-state index contributed by atoms with van der Waals surface area (Å²) in [7, 11) is 0. The van der Waals surface area contributed by atoms with E-state index in [4.69, 9.17) is 23.2 Å². The van der Waals surface area contributed by atoms with Gasteiger partial charge in [-0.05, 0) is 53.9 Å². The molecule has 4 nitrogen and oxygen atoms in total. The molecule has 0 atom stereocenters. The Morgan fingerprint density at radius 3 is 2.19 bits per heavy atom. The summed E-state index contributed by atoms with van der Waals surface area (Å²) in [4.78, 5) is 29.1. The molecule has 32 heavy (non-hydrogen) atoms. The van der Waals surface area contributed by atoms with Gasteiger partial charge in [-0.25, -0.2) is 4.90 Å². The second-order valence-corrected chi connectivity index (χ2v) is 9.49. The Morgan fingerprint density at radius 1 is 0.875 bits per heavy atom. The van der Waals surface area contributed by atoms with E-state index in [9.17, 15) is 9.59 Å². The van der Waals surface area contributed by atoms with Gasteiger partial charge < -0.3 is 5.32 Å². The van der Waals surface area contributed by atoms with Crippen LogP contribution in [0.3, 0.4) is 0 Å². The van der Waals surface area contributed by atoms with Gasteiger partial charge in [-0.1, -0.05) is 79.1 Å². The minimum atomic E-state index is -0.467. The number of nitrogens with zero attached hydrogens (tertiary/aromatic N) is 1. The van der Waals surface area contributed by atoms with Crippen LogP contribution in [-0.4, -0.2) is 11.8 Å². The molecule has 0 radical (unpaired) electrons. The third-order valence-electron chi connectivity index (χ3n) is 5.00. The molecule has 4 rings (SSSR count). The first kappa shape index (κ1) is 22.5. The first-order valence-electron chi connectivity index (χ1n) is 10.0. The normalized spacial score (nSPS) is 14.0. The van der Waals surface area contributed by atoms with Crippen LogP contribution in [0.4, 0.5) is 11.4 Å². The summed E-state index contributed by atoms with van der Waals surface area (Å²) in [6.07, 6.45) is 0. The van der Waals surface area contributed by atoms with Crippen LogP contribution in [0.2, 0.25) is 10.0 Å². The standard InChI is InChI=1S/C25H20Cl2N2O2S/c1-15(2)16-8-11-18(12-9-16)28-22-23(32-19-6-4-3-5-7-19)25(31)29(24(22)30)21-13-10-17(26)14-20(21)27/h3-15,28H,1-2H3. The van der Waals surface area contributed by atoms with Gasteiger partial charge in [0.1, 0.15) is 10.6 Å². The molecule has 1 heterocycles. The Hall–Kier alpha value is -2.73. The molecule has 2 amide bonds. The number of nitrogens with one attached hydrogen (secondary N) is 1. The van der Waals surface area contributed by atoms with E-state index in [2.05, 4.69) is 19.2 Å². The zero-order valence-electron chi connectivity index (χ0n) is 17.4. The molecule has 0 unspecified atom stereocenters. The predicted octanol–water partition coefficient (Wildman–Crippen LogP) is 7.11. The number of amides is 2. The highest BCUT2D eigenvalue weighted by Gasteiger charge is 2.41. The van der Waals surface area contributed by atoms with E-state index in [-0.39, 0.29) is 10.7 Å². The summed E-state index contributed by atoms with van der Waals surface area (Å²) in [6, 6.07) is 22.0. The average Bonchev–Trinajstić information content (AvgIpc) is 2.99. The number of carbonyl (C=O) groups excluding carboxylic acids is 2. The van der Waals surface area contributed by atoms with Crippen LogP contribution in [0.5, 0.6) is 0 Å². The second kappa shape index (κ2) is 9.41. The van der Waals surface area contributed by atoms with E-state index >= 15 is 0 Å². The van der Waals surface area contributed by atoms with Gasteiger partial charge in [0.2, 0.25) is 0 Å². The van der Waals surface area contributed by atoms with E-state index in [1.165, 1.54) is 23.4 Å². The summed E-state index contributed by atoms with van der Waals surface area (Å²) in [6.45, 7) is 4.24. The number of imide groups is 1. The molecule has 0 saturated heterocycles. The van der Waals surface area contributed by atoms with Crippen LogP contribution in [-0.2, 0) is 9.59 Å². The number of anilines is 2. The number of thioether (sulfide) groups is 1. The van der Waals surface area contributed by atoms with Crippen molar-refractivity contribution >= 4 is 58.2 Å². The van der Waals surface area contributed by atoms with Gasteiger partial charge in [0, 0.05) is 15.6 Å². The van der Waals surface area contributed by atoms with Crippen molar-refractivity contribution in [1.29, 1.82) is 0 Å². The topological polar surface area (TPSA) is 49.4 Å². The molecule has 1 N–H and O–H groups in total. The molecule has 0 fully saturated rings. The maximum absolute atomic E-state index is 13.4. The number of hydrogen-bond donors (Lipinski definition) is 1. The highest BCUT2D eigenvalue weighted by atomic mass is 35.5. The predicted molar refractivity (Wildman–Crippen MR) is 132 cm³/mol. The fraction of sp³-hybridized carbons (Fsp3) is 0.120. The lowest BCUT2D eigenvalue weighted by Gasteiger charge is -2.17. The average molecular weight is 483 g/mol. The van der Waals surface area contributed by atoms with Crippen molar-refractivity contribution in [2.24, 2.45) is 0 Å². The first-order chi connectivity index (χ1) is 15.3. The summed E-state index contributed by atoms with van der Waals surface area (Å²) < 4.78 is 0. The van der Waals surface area contributed by atoms with E-state index in [0.717, 1.165) is 15.5 Å². The number of hydrogen-bond acceptors (Lipinski definition) is 4. The Balaban J connectivity index is 1.73. The number of carbonyl (C=O) groups is 2. The van der Waals surface area contributed by atoms with Crippen LogP contribution < -0.4 is 10.2 Å². The Morgan fingerprint density at radius 2 is 1.56 bits per heavy atom. The number of halogens is 2. The number of benzene rings is 3. The van der Waals surface area contributed by atoms with Crippen LogP contribution in [0, 0.1) is 0 Å². The molecular weight excluding hydrogens is 463 g/mol. The molecule has 3 aromatic rings. The molecule has 1 aliphatic heterocycles. The summed E-state index contributed by atoms with van der Waals surface area (Å²) in [5.41, 5.74) is 2.42. The van der Waals surface area contributed by atoms with E-state index in [0.29, 0.717) is 21.5 Å². The van der Waals surface area contributed by atoms with E-state index in [1.54, 1.807) is 12.1 Å². The lowest BCUT2D eigenvalue weighted by Crippen LogP contribution is -2.32. The van der Waals surface area contributed by atoms with Gasteiger partial charge in [0.15, 0.2) is 0 Å². The van der Waals surface area contributed by atoms with Crippen LogP contribution in [0.15, 0.2) is 88.3 Å². The fourth-order valence-electron chi connectivity index (χ4n) is 3.30. The smallest absolute Gasteiger partial charge is 0.283 e. The largest absolute Gasteiger partial charge is 0.350 e. The van der Waals surface area contributed by atoms with Gasteiger partial charge in [0.05, 0.1) is 10.7 Å². The Kier molecular flexibility index (Phi) is 6.60. The first-order valence-corrected chi connectivity index (χ1v) is 11.6. The van der Waals surface area contributed by atoms with Crippen molar-refractivity contribution < 1.29 is 9.59 Å². The zero-order valence-corrected chi connectivity index (χ0v) is 19.8. The highest BCUT2D eigenvalue weighted by molar-refractivity contribution is 8.04. The lowest BCUT2D eigenvalue weighted by atomic mass is 10.0. The minimum absolute atomic E-state index is 0.215. The molecule has 162 valence electrons. The molecule has 0 aromatic heterocycles. The summed E-state index contributed by atoms with van der Waals surface area (Å²) >= 11 is 13.6. The Labute approximate surface area is 201 Å². The fourth-order valence-corrected chi connectivity index (χ4v) is 4.74. The van der Waals surface area contributed by atoms with Crippen molar-refractivity contribution in [3.05, 3.63) is 99.0 Å². The van der Waals surface area contributed by atoms with Gasteiger partial charge in [-0.15, -0.1) is 0 Å². The molecule has 0 spiro atoms. The van der Waals surface area contributed by atoms with Crippen molar-refractivity contribution in [1.82, 2.24) is 0 Å². The molecule has 0 aliphatic carbocycles. The quantitative estimate of drug-likeness (QED) is 0.380. The van der Waals surface area contributed by atoms with Gasteiger partial charge in [-0.2, -0.15) is 0 Å². The van der Waals surface area contributed by atoms with E-state index in [1.807, 2.05) is 54.6 Å². The SMILES string of the molecule is CC(C)c1ccc(NC2=C(Sc3ccccc3)C(=O)N(c3ccc(Cl)cc3Cl)C2=O)cc1. The molecule has 1 aliphatic rings. The van der Waals surface area contributed by atoms with Gasteiger partial charge >= 0.3 is 0 Å².